The van der Waals surface area contributed by atoms with Crippen LogP contribution in [0.25, 0.3) is 11.0 Å². The smallest absolute Gasteiger partial charge is 0.134 e. The van der Waals surface area contributed by atoms with Crippen molar-refractivity contribution in [3.63, 3.8) is 0 Å². The largest absolute Gasteiger partial charge is 0.459 e. The molecular formula is C13H15NO. The van der Waals surface area contributed by atoms with Gasteiger partial charge in [-0.3, -0.25) is 0 Å². The van der Waals surface area contributed by atoms with Gasteiger partial charge in [0.15, 0.2) is 0 Å². The lowest BCUT2D eigenvalue weighted by Crippen LogP contribution is -2.26. The number of hydrogen-bond acceptors (Lipinski definition) is 2. The van der Waals surface area contributed by atoms with Crippen molar-refractivity contribution in [1.29, 1.82) is 0 Å². The SMILES string of the molecule is c1ccc2oc([C@H]3CCCCN3)cc2c1. The second-order valence-electron chi connectivity index (χ2n) is 4.19. The highest BCUT2D eigenvalue weighted by molar-refractivity contribution is 5.77. The molecule has 3 rings (SSSR count). The van der Waals surface area contributed by atoms with Crippen LogP contribution in [-0.2, 0) is 0 Å². The number of rotatable bonds is 1. The highest BCUT2D eigenvalue weighted by atomic mass is 16.3. The van der Waals surface area contributed by atoms with Gasteiger partial charge in [0, 0.05) is 5.39 Å². The van der Waals surface area contributed by atoms with Gasteiger partial charge in [-0.15, -0.1) is 0 Å². The van der Waals surface area contributed by atoms with Gasteiger partial charge >= 0.3 is 0 Å². The van der Waals surface area contributed by atoms with Crippen molar-refractivity contribution < 1.29 is 4.42 Å². The summed E-state index contributed by atoms with van der Waals surface area (Å²) in [4.78, 5) is 0. The first-order valence-corrected chi connectivity index (χ1v) is 5.65. The van der Waals surface area contributed by atoms with Gasteiger partial charge in [-0.05, 0) is 31.5 Å². The Balaban J connectivity index is 1.96. The van der Waals surface area contributed by atoms with Crippen LogP contribution >= 0.6 is 0 Å². The molecule has 1 aromatic carbocycles. The molecule has 2 nitrogen and oxygen atoms in total. The predicted molar refractivity (Wildman–Crippen MR) is 60.8 cm³/mol. The Hall–Kier alpha value is -1.28. The second-order valence-corrected chi connectivity index (χ2v) is 4.19. The monoisotopic (exact) mass is 201 g/mol. The molecule has 2 heterocycles. The Bertz CT molecular complexity index is 421. The van der Waals surface area contributed by atoms with Crippen molar-refractivity contribution in [3.8, 4) is 0 Å². The van der Waals surface area contributed by atoms with Crippen LogP contribution in [0.1, 0.15) is 31.1 Å². The molecular weight excluding hydrogens is 186 g/mol. The summed E-state index contributed by atoms with van der Waals surface area (Å²) < 4.78 is 5.85. The van der Waals surface area contributed by atoms with Crippen molar-refractivity contribution in [2.75, 3.05) is 6.54 Å². The van der Waals surface area contributed by atoms with E-state index in [4.69, 9.17) is 4.42 Å². The minimum absolute atomic E-state index is 0.422. The molecule has 0 bridgehead atoms. The number of benzene rings is 1. The lowest BCUT2D eigenvalue weighted by atomic mass is 10.0. The van der Waals surface area contributed by atoms with E-state index in [2.05, 4.69) is 23.5 Å². The summed E-state index contributed by atoms with van der Waals surface area (Å²) in [6.45, 7) is 1.11. The van der Waals surface area contributed by atoms with E-state index in [-0.39, 0.29) is 0 Å². The summed E-state index contributed by atoms with van der Waals surface area (Å²) in [6.07, 6.45) is 3.78. The fourth-order valence-electron chi connectivity index (χ4n) is 2.27. The molecule has 0 radical (unpaired) electrons. The van der Waals surface area contributed by atoms with Crippen molar-refractivity contribution in [1.82, 2.24) is 5.32 Å². The standard InChI is InChI=1S/C13H15NO/c1-2-7-12-10(5-1)9-13(15-12)11-6-3-4-8-14-11/h1-2,5,7,9,11,14H,3-4,6,8H2/t11-/m1/s1. The minimum atomic E-state index is 0.422. The zero-order valence-electron chi connectivity index (χ0n) is 8.70. The van der Waals surface area contributed by atoms with Crippen LogP contribution in [0, 0.1) is 0 Å². The molecule has 1 aromatic heterocycles. The summed E-state index contributed by atoms with van der Waals surface area (Å²) in [7, 11) is 0. The van der Waals surface area contributed by atoms with Crippen molar-refractivity contribution in [3.05, 3.63) is 36.1 Å². The van der Waals surface area contributed by atoms with Crippen molar-refractivity contribution >= 4 is 11.0 Å². The van der Waals surface area contributed by atoms with Crippen LogP contribution in [-0.4, -0.2) is 6.54 Å². The second kappa shape index (κ2) is 3.70. The molecule has 2 aromatic rings. The molecule has 0 aliphatic carbocycles. The van der Waals surface area contributed by atoms with E-state index in [9.17, 15) is 0 Å². The third-order valence-corrected chi connectivity index (χ3v) is 3.10. The first-order valence-electron chi connectivity index (χ1n) is 5.65. The molecule has 1 N–H and O–H groups in total. The third-order valence-electron chi connectivity index (χ3n) is 3.10. The van der Waals surface area contributed by atoms with E-state index < -0.39 is 0 Å². The van der Waals surface area contributed by atoms with Crippen molar-refractivity contribution in [2.45, 2.75) is 25.3 Å². The number of hydrogen-bond donors (Lipinski definition) is 1. The normalized spacial score (nSPS) is 22.0. The maximum Gasteiger partial charge on any atom is 0.134 e. The summed E-state index contributed by atoms with van der Waals surface area (Å²) in [5.41, 5.74) is 1.000. The Kier molecular flexibility index (Phi) is 2.22. The Morgan fingerprint density at radius 2 is 2.13 bits per heavy atom. The van der Waals surface area contributed by atoms with Crippen LogP contribution in [0.4, 0.5) is 0 Å². The molecule has 1 aliphatic rings. The lowest BCUT2D eigenvalue weighted by Gasteiger charge is -2.21. The molecule has 1 saturated heterocycles. The minimum Gasteiger partial charge on any atom is -0.459 e. The van der Waals surface area contributed by atoms with Gasteiger partial charge in [0.25, 0.3) is 0 Å². The zero-order valence-corrected chi connectivity index (χ0v) is 8.70. The number of para-hydroxylation sites is 1. The van der Waals surface area contributed by atoms with Crippen LogP contribution in [0.2, 0.25) is 0 Å². The summed E-state index contributed by atoms with van der Waals surface area (Å²) in [5, 5.41) is 4.71. The van der Waals surface area contributed by atoms with Crippen LogP contribution in [0.5, 0.6) is 0 Å². The topological polar surface area (TPSA) is 25.2 Å². The molecule has 0 unspecified atom stereocenters. The van der Waals surface area contributed by atoms with Gasteiger partial charge in [-0.2, -0.15) is 0 Å². The van der Waals surface area contributed by atoms with E-state index in [0.29, 0.717) is 6.04 Å². The molecule has 0 saturated carbocycles. The fraction of sp³-hybridized carbons (Fsp3) is 0.385. The predicted octanol–water partition coefficient (Wildman–Crippen LogP) is 3.25. The molecule has 0 spiro atoms. The van der Waals surface area contributed by atoms with Gasteiger partial charge in [0.05, 0.1) is 6.04 Å². The number of furan rings is 1. The van der Waals surface area contributed by atoms with Gasteiger partial charge < -0.3 is 9.73 Å². The van der Waals surface area contributed by atoms with Gasteiger partial charge in [-0.25, -0.2) is 0 Å². The highest BCUT2D eigenvalue weighted by Crippen LogP contribution is 2.28. The van der Waals surface area contributed by atoms with Crippen LogP contribution < -0.4 is 5.32 Å². The summed E-state index contributed by atoms with van der Waals surface area (Å²) in [5.74, 6) is 1.09. The van der Waals surface area contributed by atoms with E-state index in [1.165, 1.54) is 24.6 Å². The quantitative estimate of drug-likeness (QED) is 0.766. The number of piperidine rings is 1. The molecule has 2 heteroatoms. The Morgan fingerprint density at radius 1 is 1.20 bits per heavy atom. The van der Waals surface area contributed by atoms with Crippen LogP contribution in [0.15, 0.2) is 34.7 Å². The van der Waals surface area contributed by atoms with E-state index in [1.54, 1.807) is 0 Å². The van der Waals surface area contributed by atoms with Gasteiger partial charge in [0.2, 0.25) is 0 Å². The van der Waals surface area contributed by atoms with Gasteiger partial charge in [0.1, 0.15) is 11.3 Å². The van der Waals surface area contributed by atoms with Crippen molar-refractivity contribution in [2.24, 2.45) is 0 Å². The average Bonchev–Trinajstić information content (AvgIpc) is 2.74. The third kappa shape index (κ3) is 1.65. The van der Waals surface area contributed by atoms with E-state index in [0.717, 1.165) is 17.9 Å². The molecule has 78 valence electrons. The molecule has 15 heavy (non-hydrogen) atoms. The lowest BCUT2D eigenvalue weighted by molar-refractivity contribution is 0.358. The Labute approximate surface area is 89.3 Å². The maximum atomic E-state index is 5.85. The number of fused-ring (bicyclic) bond motifs is 1. The summed E-state index contributed by atoms with van der Waals surface area (Å²) >= 11 is 0. The molecule has 1 aliphatic heterocycles. The first kappa shape index (κ1) is 8.98. The van der Waals surface area contributed by atoms with Crippen LogP contribution in [0.3, 0.4) is 0 Å². The zero-order chi connectivity index (χ0) is 10.1. The maximum absolute atomic E-state index is 5.85. The summed E-state index contributed by atoms with van der Waals surface area (Å²) in [6, 6.07) is 10.8. The van der Waals surface area contributed by atoms with E-state index >= 15 is 0 Å². The molecule has 0 amide bonds. The Morgan fingerprint density at radius 3 is 2.93 bits per heavy atom. The fourth-order valence-corrected chi connectivity index (χ4v) is 2.27. The average molecular weight is 201 g/mol. The van der Waals surface area contributed by atoms with E-state index in [1.807, 2.05) is 12.1 Å². The number of nitrogens with one attached hydrogen (secondary N) is 1. The highest BCUT2D eigenvalue weighted by Gasteiger charge is 2.18. The van der Waals surface area contributed by atoms with Gasteiger partial charge in [-0.1, -0.05) is 24.6 Å². The molecule has 1 atom stereocenters. The molecule has 1 fully saturated rings. The first-order chi connectivity index (χ1) is 7.43.